The maximum absolute atomic E-state index is 12.7. The minimum atomic E-state index is -0.192. The number of aromatic amines is 1. The fraction of sp³-hybridized carbons (Fsp3) is 0.458. The predicted molar refractivity (Wildman–Crippen MR) is 126 cm³/mol. The summed E-state index contributed by atoms with van der Waals surface area (Å²) in [6, 6.07) is 12.0. The van der Waals surface area contributed by atoms with E-state index in [-0.39, 0.29) is 17.5 Å². The highest BCUT2D eigenvalue weighted by Gasteiger charge is 2.50. The number of carbonyl (C=O) groups excluding carboxylic acids is 1. The number of ether oxygens (including phenoxy) is 2. The zero-order valence-electron chi connectivity index (χ0n) is 19.2. The third-order valence-corrected chi connectivity index (χ3v) is 7.40. The number of fused-ring (bicyclic) bond motifs is 2. The summed E-state index contributed by atoms with van der Waals surface area (Å²) in [5.74, 6) is 1.51. The van der Waals surface area contributed by atoms with Crippen molar-refractivity contribution in [2.24, 2.45) is 0 Å². The normalized spacial score (nSPS) is 24.9. The van der Waals surface area contributed by atoms with Gasteiger partial charge in [-0.2, -0.15) is 15.4 Å². The first-order chi connectivity index (χ1) is 16.0. The van der Waals surface area contributed by atoms with Crippen LogP contribution in [0.25, 0.3) is 11.0 Å². The molecule has 0 bridgehead atoms. The number of H-pyrrole nitrogens is 1. The zero-order valence-corrected chi connectivity index (χ0v) is 19.2. The fourth-order valence-electron chi connectivity index (χ4n) is 5.67. The average Bonchev–Trinajstić information content (AvgIpc) is 3.43. The SMILES string of the molecule is COc1ccc([C@@]23CC[C@@H](NC(=O)Nc4ccc5n[nH]nc5c4)C[C@@H]2N(C)CC3)cc1OC. The number of benzene rings is 2. The molecule has 3 atom stereocenters. The number of likely N-dealkylation sites (tertiary alicyclic amines) is 1. The number of anilines is 1. The quantitative estimate of drug-likeness (QED) is 0.551. The molecule has 0 radical (unpaired) electrons. The lowest BCUT2D eigenvalue weighted by molar-refractivity contribution is 0.156. The maximum atomic E-state index is 12.7. The van der Waals surface area contributed by atoms with Crippen molar-refractivity contribution >= 4 is 22.8 Å². The van der Waals surface area contributed by atoms with Gasteiger partial charge in [0.2, 0.25) is 0 Å². The summed E-state index contributed by atoms with van der Waals surface area (Å²) >= 11 is 0. The van der Waals surface area contributed by atoms with Crippen LogP contribution in [0, 0.1) is 0 Å². The van der Waals surface area contributed by atoms with Crippen LogP contribution in [0.3, 0.4) is 0 Å². The molecule has 1 aromatic heterocycles. The molecule has 9 nitrogen and oxygen atoms in total. The number of hydrogen-bond donors (Lipinski definition) is 3. The molecule has 1 aliphatic carbocycles. The van der Waals surface area contributed by atoms with Gasteiger partial charge in [0.05, 0.1) is 14.2 Å². The second-order valence-electron chi connectivity index (χ2n) is 9.07. The van der Waals surface area contributed by atoms with E-state index < -0.39 is 0 Å². The topological polar surface area (TPSA) is 104 Å². The van der Waals surface area contributed by atoms with Crippen LogP contribution in [0.1, 0.15) is 31.2 Å². The van der Waals surface area contributed by atoms with Crippen LogP contribution in [0.2, 0.25) is 0 Å². The molecule has 33 heavy (non-hydrogen) atoms. The number of aromatic nitrogens is 3. The molecule has 174 valence electrons. The van der Waals surface area contributed by atoms with Crippen molar-refractivity contribution < 1.29 is 14.3 Å². The number of nitrogens with zero attached hydrogens (tertiary/aromatic N) is 3. The van der Waals surface area contributed by atoms with Crippen LogP contribution in [0.5, 0.6) is 11.5 Å². The van der Waals surface area contributed by atoms with E-state index in [1.54, 1.807) is 14.2 Å². The highest BCUT2D eigenvalue weighted by Crippen LogP contribution is 2.49. The molecule has 3 N–H and O–H groups in total. The molecular formula is C24H30N6O3. The molecule has 3 aromatic rings. The molecule has 2 fully saturated rings. The Morgan fingerprint density at radius 2 is 1.91 bits per heavy atom. The van der Waals surface area contributed by atoms with E-state index >= 15 is 0 Å². The maximum Gasteiger partial charge on any atom is 0.319 e. The summed E-state index contributed by atoms with van der Waals surface area (Å²) in [6.07, 6.45) is 3.93. The van der Waals surface area contributed by atoms with Crippen LogP contribution < -0.4 is 20.1 Å². The van der Waals surface area contributed by atoms with Crippen LogP contribution in [-0.2, 0) is 5.41 Å². The van der Waals surface area contributed by atoms with Crippen molar-refractivity contribution in [2.45, 2.75) is 43.2 Å². The Balaban J connectivity index is 1.29. The number of methoxy groups -OCH3 is 2. The molecule has 0 spiro atoms. The van der Waals surface area contributed by atoms with Crippen molar-refractivity contribution in [1.82, 2.24) is 25.6 Å². The summed E-state index contributed by atoms with van der Waals surface area (Å²) in [5.41, 5.74) is 3.53. The largest absolute Gasteiger partial charge is 0.493 e. The van der Waals surface area contributed by atoms with Crippen LogP contribution in [0.15, 0.2) is 36.4 Å². The molecule has 1 saturated carbocycles. The Morgan fingerprint density at radius 1 is 1.09 bits per heavy atom. The lowest BCUT2D eigenvalue weighted by Gasteiger charge is -2.45. The van der Waals surface area contributed by atoms with Crippen LogP contribution in [-0.4, -0.2) is 66.2 Å². The second kappa shape index (κ2) is 8.55. The van der Waals surface area contributed by atoms with Gasteiger partial charge < -0.3 is 25.0 Å². The van der Waals surface area contributed by atoms with Gasteiger partial charge in [-0.15, -0.1) is 0 Å². The van der Waals surface area contributed by atoms with E-state index in [2.05, 4.69) is 50.1 Å². The summed E-state index contributed by atoms with van der Waals surface area (Å²) in [7, 11) is 5.52. The van der Waals surface area contributed by atoms with Gasteiger partial charge >= 0.3 is 6.03 Å². The Morgan fingerprint density at radius 3 is 2.73 bits per heavy atom. The van der Waals surface area contributed by atoms with Crippen molar-refractivity contribution in [3.8, 4) is 11.5 Å². The van der Waals surface area contributed by atoms with E-state index in [1.165, 1.54) is 5.56 Å². The molecular weight excluding hydrogens is 420 g/mol. The third kappa shape index (κ3) is 3.86. The molecule has 2 aliphatic rings. The summed E-state index contributed by atoms with van der Waals surface area (Å²) in [4.78, 5) is 15.2. The minimum absolute atomic E-state index is 0.0565. The van der Waals surface area contributed by atoms with Gasteiger partial charge in [-0.1, -0.05) is 6.07 Å². The highest BCUT2D eigenvalue weighted by molar-refractivity contribution is 5.91. The van der Waals surface area contributed by atoms with Crippen LogP contribution in [0.4, 0.5) is 10.5 Å². The molecule has 1 saturated heterocycles. The Hall–Kier alpha value is -3.33. The molecule has 9 heteroatoms. The molecule has 2 amide bonds. The second-order valence-corrected chi connectivity index (χ2v) is 9.07. The molecule has 0 unspecified atom stereocenters. The Labute approximate surface area is 192 Å². The first kappa shape index (κ1) is 21.5. The Kier molecular flexibility index (Phi) is 5.57. The van der Waals surface area contributed by atoms with Crippen molar-refractivity contribution in [3.05, 3.63) is 42.0 Å². The average molecular weight is 451 g/mol. The number of hydrogen-bond acceptors (Lipinski definition) is 6. The van der Waals surface area contributed by atoms with Crippen molar-refractivity contribution in [1.29, 1.82) is 0 Å². The van der Waals surface area contributed by atoms with E-state index in [1.807, 2.05) is 24.3 Å². The number of amides is 2. The zero-order chi connectivity index (χ0) is 23.0. The fourth-order valence-corrected chi connectivity index (χ4v) is 5.67. The molecule has 2 aromatic carbocycles. The summed E-state index contributed by atoms with van der Waals surface area (Å²) < 4.78 is 11.0. The van der Waals surface area contributed by atoms with Crippen LogP contribution >= 0.6 is 0 Å². The third-order valence-electron chi connectivity index (χ3n) is 7.40. The summed E-state index contributed by atoms with van der Waals surface area (Å²) in [5, 5.41) is 16.8. The number of urea groups is 1. The molecule has 2 heterocycles. The highest BCUT2D eigenvalue weighted by atomic mass is 16.5. The van der Waals surface area contributed by atoms with Gasteiger partial charge in [-0.3, -0.25) is 0 Å². The lowest BCUT2D eigenvalue weighted by Crippen LogP contribution is -2.52. The molecule has 5 rings (SSSR count). The smallest absolute Gasteiger partial charge is 0.319 e. The van der Waals surface area contributed by atoms with Gasteiger partial charge in [-0.25, -0.2) is 4.79 Å². The van der Waals surface area contributed by atoms with E-state index in [9.17, 15) is 4.79 Å². The van der Waals surface area contributed by atoms with Crippen molar-refractivity contribution in [3.63, 3.8) is 0 Å². The van der Waals surface area contributed by atoms with E-state index in [0.717, 1.165) is 54.8 Å². The predicted octanol–water partition coefficient (Wildman–Crippen LogP) is 3.29. The number of nitrogens with one attached hydrogen (secondary N) is 3. The lowest BCUT2D eigenvalue weighted by atomic mass is 9.65. The molecule has 1 aliphatic heterocycles. The van der Waals surface area contributed by atoms with Gasteiger partial charge in [-0.05, 0) is 75.2 Å². The van der Waals surface area contributed by atoms with E-state index in [0.29, 0.717) is 11.7 Å². The first-order valence-electron chi connectivity index (χ1n) is 11.3. The number of carbonyl (C=O) groups is 1. The minimum Gasteiger partial charge on any atom is -0.493 e. The van der Waals surface area contributed by atoms with Crippen molar-refractivity contribution in [2.75, 3.05) is 33.1 Å². The standard InChI is InChI=1S/C24H30N6O3/c1-30-11-10-24(15-4-7-20(32-2)21(12-15)33-3)9-8-17(14-22(24)30)26-23(31)25-16-5-6-18-19(13-16)28-29-27-18/h4-7,12-13,17,22H,8-11,14H2,1-3H3,(H2,25,26,31)(H,27,28,29)/t17-,22+,24+/m1/s1. The Bertz CT molecular complexity index is 1160. The summed E-state index contributed by atoms with van der Waals surface area (Å²) in [6.45, 7) is 1.04. The number of likely N-dealkylation sites (N-methyl/N-ethyl adjacent to an activating group) is 1. The monoisotopic (exact) mass is 450 g/mol. The van der Waals surface area contributed by atoms with Gasteiger partial charge in [0, 0.05) is 23.2 Å². The van der Waals surface area contributed by atoms with E-state index in [4.69, 9.17) is 9.47 Å². The first-order valence-corrected chi connectivity index (χ1v) is 11.3. The van der Waals surface area contributed by atoms with Gasteiger partial charge in [0.1, 0.15) is 11.0 Å². The van der Waals surface area contributed by atoms with Gasteiger partial charge in [0.25, 0.3) is 0 Å². The number of rotatable bonds is 5. The van der Waals surface area contributed by atoms with Gasteiger partial charge in [0.15, 0.2) is 11.5 Å².